The van der Waals surface area contributed by atoms with E-state index in [0.29, 0.717) is 0 Å². The van der Waals surface area contributed by atoms with Gasteiger partial charge in [-0.1, -0.05) is 30.3 Å². The maximum Gasteiger partial charge on any atom is 0.266 e. The number of aromatic nitrogens is 2. The third-order valence-corrected chi connectivity index (χ3v) is 6.11. The van der Waals surface area contributed by atoms with Crippen LogP contribution >= 0.6 is 0 Å². The summed E-state index contributed by atoms with van der Waals surface area (Å²) in [6.07, 6.45) is 3.49. The van der Waals surface area contributed by atoms with E-state index in [-0.39, 0.29) is 11.7 Å². The topological polar surface area (TPSA) is 74.6 Å². The lowest BCUT2D eigenvalue weighted by atomic mass is 10.1. The van der Waals surface area contributed by atoms with Crippen LogP contribution in [0.4, 0.5) is 5.69 Å². The Kier molecular flexibility index (Phi) is 5.86. The van der Waals surface area contributed by atoms with Crippen molar-refractivity contribution in [2.45, 2.75) is 31.9 Å². The lowest BCUT2D eigenvalue weighted by Crippen LogP contribution is -2.46. The molecule has 2 aliphatic rings. The fraction of sp³-hybridized carbons (Fsp3) is 0.417. The molecular weight excluding hydrogens is 392 g/mol. The lowest BCUT2D eigenvalue weighted by Gasteiger charge is -2.36. The summed E-state index contributed by atoms with van der Waals surface area (Å²) in [5.74, 6) is 1.94. The van der Waals surface area contributed by atoms with Crippen molar-refractivity contribution in [1.82, 2.24) is 15.1 Å². The molecule has 162 valence electrons. The summed E-state index contributed by atoms with van der Waals surface area (Å²) in [5, 5.41) is 6.92. The summed E-state index contributed by atoms with van der Waals surface area (Å²) < 4.78 is 11.9. The van der Waals surface area contributed by atoms with Gasteiger partial charge < -0.3 is 14.1 Å². The largest absolute Gasteiger partial charge is 0.462 e. The minimum atomic E-state index is -0.176. The van der Waals surface area contributed by atoms with Gasteiger partial charge in [-0.2, -0.15) is 5.10 Å². The van der Waals surface area contributed by atoms with Gasteiger partial charge >= 0.3 is 0 Å². The van der Waals surface area contributed by atoms with E-state index in [4.69, 9.17) is 9.15 Å². The zero-order chi connectivity index (χ0) is 21.0. The molecule has 0 aliphatic carbocycles. The van der Waals surface area contributed by atoms with Gasteiger partial charge in [-0.15, -0.1) is 0 Å². The molecule has 1 atom stereocenters. The van der Waals surface area contributed by atoms with Crippen molar-refractivity contribution < 1.29 is 9.15 Å². The zero-order valence-corrected chi connectivity index (χ0v) is 17.6. The van der Waals surface area contributed by atoms with E-state index in [1.54, 1.807) is 6.07 Å². The second-order valence-corrected chi connectivity index (χ2v) is 8.25. The van der Waals surface area contributed by atoms with Crippen LogP contribution in [0.3, 0.4) is 0 Å². The number of H-pyrrole nitrogens is 1. The molecule has 4 heterocycles. The number of nitrogens with zero attached hydrogens (tertiary/aromatic N) is 3. The number of hydrogen-bond acceptors (Lipinski definition) is 6. The Labute approximate surface area is 181 Å². The van der Waals surface area contributed by atoms with Gasteiger partial charge in [-0.05, 0) is 31.4 Å². The second-order valence-electron chi connectivity index (χ2n) is 8.25. The summed E-state index contributed by atoms with van der Waals surface area (Å²) in [6, 6.07) is 15.8. The monoisotopic (exact) mass is 420 g/mol. The molecule has 2 saturated heterocycles. The molecule has 0 saturated carbocycles. The van der Waals surface area contributed by atoms with E-state index in [2.05, 4.69) is 32.1 Å². The highest BCUT2D eigenvalue weighted by Crippen LogP contribution is 2.30. The number of rotatable bonds is 5. The van der Waals surface area contributed by atoms with Crippen LogP contribution in [0.5, 0.6) is 0 Å². The number of aromatic amines is 1. The van der Waals surface area contributed by atoms with Crippen LogP contribution in [-0.2, 0) is 11.3 Å². The Bertz CT molecular complexity index is 1050. The van der Waals surface area contributed by atoms with E-state index in [1.165, 1.54) is 6.42 Å². The van der Waals surface area contributed by atoms with Crippen LogP contribution in [0.1, 0.15) is 36.9 Å². The number of ether oxygens (including phenoxy) is 1. The highest BCUT2D eigenvalue weighted by Gasteiger charge is 2.23. The molecule has 3 aromatic rings. The molecule has 2 aliphatic heterocycles. The predicted molar refractivity (Wildman–Crippen MR) is 119 cm³/mol. The van der Waals surface area contributed by atoms with Crippen LogP contribution in [-0.4, -0.2) is 47.9 Å². The smallest absolute Gasteiger partial charge is 0.266 e. The standard InChI is InChI=1S/C24H28N4O3/c29-23-16-20(24(26-25-23)18-6-2-1-3-7-18)28-13-11-27(12-14-28)17-19-9-10-22(31-19)21-8-4-5-15-30-21/h1-3,6-7,9-10,16,21H,4-5,8,11-15,17H2,(H,25,29). The van der Waals surface area contributed by atoms with Gasteiger partial charge in [-0.3, -0.25) is 9.69 Å². The van der Waals surface area contributed by atoms with Gasteiger partial charge in [-0.25, -0.2) is 5.10 Å². The minimum absolute atomic E-state index is 0.111. The molecule has 7 nitrogen and oxygen atoms in total. The summed E-state index contributed by atoms with van der Waals surface area (Å²) in [5.41, 5.74) is 2.54. The predicted octanol–water partition coefficient (Wildman–Crippen LogP) is 3.59. The van der Waals surface area contributed by atoms with Crippen LogP contribution in [0.25, 0.3) is 11.3 Å². The fourth-order valence-electron chi connectivity index (χ4n) is 4.43. The zero-order valence-electron chi connectivity index (χ0n) is 17.6. The molecule has 5 rings (SSSR count). The van der Waals surface area contributed by atoms with Crippen molar-refractivity contribution in [3.8, 4) is 11.3 Å². The number of nitrogens with one attached hydrogen (secondary N) is 1. The first-order chi connectivity index (χ1) is 15.3. The molecule has 0 amide bonds. The molecule has 0 spiro atoms. The maximum absolute atomic E-state index is 12.0. The van der Waals surface area contributed by atoms with E-state index >= 15 is 0 Å². The van der Waals surface area contributed by atoms with Crippen molar-refractivity contribution in [1.29, 1.82) is 0 Å². The van der Waals surface area contributed by atoms with Gasteiger partial charge in [0.15, 0.2) is 0 Å². The molecule has 7 heteroatoms. The molecule has 2 fully saturated rings. The summed E-state index contributed by atoms with van der Waals surface area (Å²) in [7, 11) is 0. The van der Waals surface area contributed by atoms with Crippen molar-refractivity contribution in [3.05, 3.63) is 70.4 Å². The van der Waals surface area contributed by atoms with E-state index in [0.717, 1.165) is 80.6 Å². The van der Waals surface area contributed by atoms with Gasteiger partial charge in [0.1, 0.15) is 23.3 Å². The van der Waals surface area contributed by atoms with Gasteiger partial charge in [0.2, 0.25) is 0 Å². The van der Waals surface area contributed by atoms with Crippen molar-refractivity contribution in [2.24, 2.45) is 0 Å². The van der Waals surface area contributed by atoms with Crippen LogP contribution in [0, 0.1) is 0 Å². The molecule has 0 radical (unpaired) electrons. The molecule has 31 heavy (non-hydrogen) atoms. The number of anilines is 1. The van der Waals surface area contributed by atoms with Crippen LogP contribution in [0.15, 0.2) is 57.7 Å². The lowest BCUT2D eigenvalue weighted by molar-refractivity contribution is 0.000833. The fourth-order valence-corrected chi connectivity index (χ4v) is 4.43. The number of furan rings is 1. The van der Waals surface area contributed by atoms with E-state index < -0.39 is 0 Å². The van der Waals surface area contributed by atoms with Crippen LogP contribution < -0.4 is 10.5 Å². The first-order valence-electron chi connectivity index (χ1n) is 11.1. The normalized spacial score (nSPS) is 20.1. The molecule has 2 aromatic heterocycles. The number of piperazine rings is 1. The highest BCUT2D eigenvalue weighted by atomic mass is 16.5. The Morgan fingerprint density at radius 2 is 1.87 bits per heavy atom. The average Bonchev–Trinajstić information content (AvgIpc) is 3.29. The van der Waals surface area contributed by atoms with Gasteiger partial charge in [0.25, 0.3) is 5.56 Å². The van der Waals surface area contributed by atoms with Gasteiger partial charge in [0, 0.05) is 44.4 Å². The SMILES string of the molecule is O=c1cc(N2CCN(Cc3ccc(C4CCCCO4)o3)CC2)c(-c2ccccc2)n[nH]1. The Balaban J connectivity index is 1.24. The molecule has 1 N–H and O–H groups in total. The highest BCUT2D eigenvalue weighted by molar-refractivity contribution is 5.74. The van der Waals surface area contributed by atoms with Crippen molar-refractivity contribution >= 4 is 5.69 Å². The Morgan fingerprint density at radius 1 is 1.03 bits per heavy atom. The molecule has 0 bridgehead atoms. The first kappa shape index (κ1) is 20.0. The summed E-state index contributed by atoms with van der Waals surface area (Å²) >= 11 is 0. The third-order valence-electron chi connectivity index (χ3n) is 6.11. The number of hydrogen-bond donors (Lipinski definition) is 1. The average molecular weight is 421 g/mol. The Hall–Kier alpha value is -2.90. The number of benzene rings is 1. The Morgan fingerprint density at radius 3 is 2.65 bits per heavy atom. The van der Waals surface area contributed by atoms with E-state index in [1.807, 2.05) is 30.3 Å². The second kappa shape index (κ2) is 9.08. The van der Waals surface area contributed by atoms with E-state index in [9.17, 15) is 4.79 Å². The molecule has 1 unspecified atom stereocenters. The van der Waals surface area contributed by atoms with Crippen molar-refractivity contribution in [2.75, 3.05) is 37.7 Å². The molecule has 1 aromatic carbocycles. The van der Waals surface area contributed by atoms with Crippen LogP contribution in [0.2, 0.25) is 0 Å². The minimum Gasteiger partial charge on any atom is -0.462 e. The summed E-state index contributed by atoms with van der Waals surface area (Å²) in [6.45, 7) is 5.09. The first-order valence-corrected chi connectivity index (χ1v) is 11.1. The quantitative estimate of drug-likeness (QED) is 0.680. The van der Waals surface area contributed by atoms with Crippen molar-refractivity contribution in [3.63, 3.8) is 0 Å². The van der Waals surface area contributed by atoms with Gasteiger partial charge in [0.05, 0.1) is 12.2 Å². The third kappa shape index (κ3) is 4.57. The maximum atomic E-state index is 12.0. The molecular formula is C24H28N4O3. The summed E-state index contributed by atoms with van der Waals surface area (Å²) in [4.78, 5) is 16.6.